The van der Waals surface area contributed by atoms with E-state index >= 15 is 0 Å². The van der Waals surface area contributed by atoms with Crippen molar-refractivity contribution in [3.63, 3.8) is 0 Å². The first-order valence-electron chi connectivity index (χ1n) is 11.5. The molecule has 1 heterocycles. The van der Waals surface area contributed by atoms with Gasteiger partial charge >= 0.3 is 12.2 Å². The van der Waals surface area contributed by atoms with Gasteiger partial charge in [-0.1, -0.05) is 24.3 Å². The molecule has 4 rings (SSSR count). The number of carbonyl (C=O) groups is 2. The van der Waals surface area contributed by atoms with Crippen LogP contribution < -0.4 is 16.0 Å². The van der Waals surface area contributed by atoms with E-state index in [9.17, 15) is 22.8 Å². The fourth-order valence-electron chi connectivity index (χ4n) is 4.54. The first kappa shape index (κ1) is 25.1. The zero-order valence-corrected chi connectivity index (χ0v) is 20.0. The number of benzene rings is 3. The van der Waals surface area contributed by atoms with Crippen molar-refractivity contribution in [3.8, 4) is 11.1 Å². The number of nitrogens with zero attached hydrogens (tertiary/aromatic N) is 2. The molecular weight excluding hydrogens is 469 g/mol. The molecule has 1 fully saturated rings. The zero-order valence-electron chi connectivity index (χ0n) is 20.0. The van der Waals surface area contributed by atoms with Gasteiger partial charge in [-0.25, -0.2) is 4.79 Å². The van der Waals surface area contributed by atoms with Gasteiger partial charge in [-0.3, -0.25) is 4.79 Å². The number of hydrogen-bond acceptors (Lipinski definition) is 3. The molecule has 1 aliphatic heterocycles. The lowest BCUT2D eigenvalue weighted by atomic mass is 9.94. The Hall–Kier alpha value is -4.01. The summed E-state index contributed by atoms with van der Waals surface area (Å²) >= 11 is 0. The van der Waals surface area contributed by atoms with E-state index in [1.165, 1.54) is 12.1 Å². The van der Waals surface area contributed by atoms with Gasteiger partial charge in [0.1, 0.15) is 0 Å². The number of carbonyl (C=O) groups excluding carboxylic acids is 2. The molecule has 1 atom stereocenters. The van der Waals surface area contributed by atoms with Crippen LogP contribution in [0, 0.1) is 6.92 Å². The molecule has 36 heavy (non-hydrogen) atoms. The second-order valence-corrected chi connectivity index (χ2v) is 8.90. The minimum Gasteiger partial charge on any atom is -0.365 e. The number of alkyl halides is 3. The van der Waals surface area contributed by atoms with Crippen molar-refractivity contribution in [1.82, 2.24) is 4.90 Å². The Bertz CT molecular complexity index is 1260. The Morgan fingerprint density at radius 3 is 2.22 bits per heavy atom. The molecule has 0 bridgehead atoms. The quantitative estimate of drug-likeness (QED) is 0.499. The third-order valence-corrected chi connectivity index (χ3v) is 6.41. The summed E-state index contributed by atoms with van der Waals surface area (Å²) in [7, 11) is 0. The minimum absolute atomic E-state index is 0.0882. The highest BCUT2D eigenvalue weighted by Crippen LogP contribution is 2.33. The second-order valence-electron chi connectivity index (χ2n) is 8.90. The van der Waals surface area contributed by atoms with Gasteiger partial charge in [0.15, 0.2) is 0 Å². The van der Waals surface area contributed by atoms with Crippen LogP contribution >= 0.6 is 0 Å². The summed E-state index contributed by atoms with van der Waals surface area (Å²) in [4.78, 5) is 28.4. The van der Waals surface area contributed by atoms with Crippen LogP contribution in [0.4, 0.5) is 29.3 Å². The lowest BCUT2D eigenvalue weighted by Crippen LogP contribution is -2.55. The molecule has 1 unspecified atom stereocenters. The SMILES string of the molecule is Cc1cccc(C(=O)Nc2ccc(N3CCN(C(N)=O)CC3C)cc2)c1-c1ccc(C(F)(F)F)cc1. The molecule has 0 radical (unpaired) electrons. The number of anilines is 2. The Labute approximate surface area is 207 Å². The van der Waals surface area contributed by atoms with Crippen molar-refractivity contribution in [1.29, 1.82) is 0 Å². The molecule has 0 aromatic heterocycles. The number of rotatable bonds is 4. The van der Waals surface area contributed by atoms with Crippen LogP contribution in [0.25, 0.3) is 11.1 Å². The van der Waals surface area contributed by atoms with E-state index in [2.05, 4.69) is 10.2 Å². The monoisotopic (exact) mass is 496 g/mol. The molecular formula is C27H27F3N4O2. The first-order valence-corrected chi connectivity index (χ1v) is 11.5. The highest BCUT2D eigenvalue weighted by atomic mass is 19.4. The average molecular weight is 497 g/mol. The Kier molecular flexibility index (Phi) is 6.92. The van der Waals surface area contributed by atoms with Gasteiger partial charge in [0.05, 0.1) is 5.56 Å². The van der Waals surface area contributed by atoms with Crippen LogP contribution in [0.2, 0.25) is 0 Å². The number of hydrogen-bond donors (Lipinski definition) is 2. The molecule has 0 saturated carbocycles. The number of primary amides is 1. The number of nitrogens with one attached hydrogen (secondary N) is 1. The molecule has 0 spiro atoms. The smallest absolute Gasteiger partial charge is 0.365 e. The van der Waals surface area contributed by atoms with E-state index in [0.29, 0.717) is 42.0 Å². The lowest BCUT2D eigenvalue weighted by molar-refractivity contribution is -0.137. The summed E-state index contributed by atoms with van der Waals surface area (Å²) in [5, 5.41) is 2.89. The van der Waals surface area contributed by atoms with E-state index in [1.54, 1.807) is 29.2 Å². The summed E-state index contributed by atoms with van der Waals surface area (Å²) < 4.78 is 38.9. The normalized spacial score (nSPS) is 16.1. The highest BCUT2D eigenvalue weighted by molar-refractivity contribution is 6.09. The van der Waals surface area contributed by atoms with Crippen molar-refractivity contribution in [2.75, 3.05) is 29.9 Å². The molecule has 1 aliphatic rings. The molecule has 3 aromatic rings. The van der Waals surface area contributed by atoms with E-state index in [0.717, 1.165) is 23.4 Å². The summed E-state index contributed by atoms with van der Waals surface area (Å²) in [6.07, 6.45) is -4.43. The van der Waals surface area contributed by atoms with Gasteiger partial charge in [-0.2, -0.15) is 13.2 Å². The van der Waals surface area contributed by atoms with Crippen molar-refractivity contribution in [2.45, 2.75) is 26.1 Å². The second kappa shape index (κ2) is 9.93. The maximum absolute atomic E-state index is 13.2. The zero-order chi connectivity index (χ0) is 26.0. The molecule has 0 aliphatic carbocycles. The molecule has 3 amide bonds. The van der Waals surface area contributed by atoms with Gasteiger partial charge < -0.3 is 20.9 Å². The van der Waals surface area contributed by atoms with Crippen molar-refractivity contribution in [2.24, 2.45) is 5.73 Å². The van der Waals surface area contributed by atoms with E-state index in [4.69, 9.17) is 5.73 Å². The van der Waals surface area contributed by atoms with Crippen LogP contribution in [-0.4, -0.2) is 42.5 Å². The van der Waals surface area contributed by atoms with Gasteiger partial charge in [-0.05, 0) is 73.0 Å². The van der Waals surface area contributed by atoms with Gasteiger partial charge in [-0.15, -0.1) is 0 Å². The summed E-state index contributed by atoms with van der Waals surface area (Å²) in [5.74, 6) is -0.357. The number of piperazine rings is 1. The molecule has 1 saturated heterocycles. The predicted molar refractivity (Wildman–Crippen MR) is 134 cm³/mol. The third-order valence-electron chi connectivity index (χ3n) is 6.41. The predicted octanol–water partition coefficient (Wildman–Crippen LogP) is 5.52. The molecule has 3 N–H and O–H groups in total. The summed E-state index contributed by atoms with van der Waals surface area (Å²) in [6.45, 7) is 5.56. The van der Waals surface area contributed by atoms with Gasteiger partial charge in [0.25, 0.3) is 5.91 Å². The number of halogens is 3. The number of aryl methyl sites for hydroxylation is 1. The first-order chi connectivity index (χ1) is 17.0. The van der Waals surface area contributed by atoms with Crippen LogP contribution in [0.1, 0.15) is 28.4 Å². The third kappa shape index (κ3) is 5.30. The van der Waals surface area contributed by atoms with Crippen LogP contribution in [0.15, 0.2) is 66.7 Å². The fourth-order valence-corrected chi connectivity index (χ4v) is 4.54. The van der Waals surface area contributed by atoms with Crippen LogP contribution in [0.5, 0.6) is 0 Å². The molecule has 9 heteroatoms. The fraction of sp³-hybridized carbons (Fsp3) is 0.259. The van der Waals surface area contributed by atoms with Crippen molar-refractivity contribution in [3.05, 3.63) is 83.4 Å². The van der Waals surface area contributed by atoms with Gasteiger partial charge in [0.2, 0.25) is 0 Å². The number of nitrogens with two attached hydrogens (primary N) is 1. The Balaban J connectivity index is 1.52. The molecule has 6 nitrogen and oxygen atoms in total. The minimum atomic E-state index is -4.43. The number of urea groups is 1. The van der Waals surface area contributed by atoms with E-state index < -0.39 is 17.8 Å². The molecule has 188 valence electrons. The van der Waals surface area contributed by atoms with E-state index in [-0.39, 0.29) is 11.9 Å². The van der Waals surface area contributed by atoms with E-state index in [1.807, 2.05) is 32.0 Å². The lowest BCUT2D eigenvalue weighted by Gasteiger charge is -2.40. The maximum atomic E-state index is 13.2. The standard InChI is InChI=1S/C27H27F3N4O2/c1-17-4-3-5-23(24(17)19-6-8-20(9-7-19)27(28,29)30)25(35)32-21-10-12-22(13-11-21)34-15-14-33(26(31)36)16-18(34)2/h3-13,18H,14-16H2,1-2H3,(H2,31,36)(H,32,35). The Morgan fingerprint density at radius 2 is 1.64 bits per heavy atom. The summed E-state index contributed by atoms with van der Waals surface area (Å²) in [5.41, 5.74) is 8.47. The van der Waals surface area contributed by atoms with Crippen molar-refractivity contribution >= 4 is 23.3 Å². The van der Waals surface area contributed by atoms with Crippen LogP contribution in [0.3, 0.4) is 0 Å². The Morgan fingerprint density at radius 1 is 0.972 bits per heavy atom. The highest BCUT2D eigenvalue weighted by Gasteiger charge is 2.30. The largest absolute Gasteiger partial charge is 0.416 e. The molecule has 3 aromatic carbocycles. The number of amides is 3. The topological polar surface area (TPSA) is 78.7 Å². The van der Waals surface area contributed by atoms with Gasteiger partial charge in [0, 0.05) is 42.6 Å². The average Bonchev–Trinajstić information content (AvgIpc) is 2.84. The van der Waals surface area contributed by atoms with Crippen LogP contribution in [-0.2, 0) is 6.18 Å². The van der Waals surface area contributed by atoms with Crippen molar-refractivity contribution < 1.29 is 22.8 Å². The summed E-state index contributed by atoms with van der Waals surface area (Å²) in [6, 6.07) is 17.1. The maximum Gasteiger partial charge on any atom is 0.416 e.